The van der Waals surface area contributed by atoms with Crippen molar-refractivity contribution in [3.63, 3.8) is 0 Å². The zero-order valence-corrected chi connectivity index (χ0v) is 16.0. The number of hydrogen-bond acceptors (Lipinski definition) is 5. The summed E-state index contributed by atoms with van der Waals surface area (Å²) < 4.78 is 5.28. The van der Waals surface area contributed by atoms with Crippen molar-refractivity contribution < 1.29 is 9.32 Å². The van der Waals surface area contributed by atoms with Gasteiger partial charge in [-0.1, -0.05) is 5.16 Å². The second kappa shape index (κ2) is 6.25. The molecule has 3 heterocycles. The van der Waals surface area contributed by atoms with Gasteiger partial charge in [0.1, 0.15) is 5.76 Å². The van der Waals surface area contributed by atoms with E-state index in [9.17, 15) is 4.79 Å². The van der Waals surface area contributed by atoms with E-state index in [2.05, 4.69) is 22.3 Å². The molecule has 2 aromatic heterocycles. The van der Waals surface area contributed by atoms with Crippen LogP contribution in [0.3, 0.4) is 0 Å². The number of hydrogen-bond donors (Lipinski definition) is 1. The number of carbonyl (C=O) groups excluding carboxylic acids is 1. The number of amides is 1. The van der Waals surface area contributed by atoms with Crippen molar-refractivity contribution in [1.29, 1.82) is 0 Å². The van der Waals surface area contributed by atoms with Crippen molar-refractivity contribution in [3.05, 3.63) is 38.4 Å². The smallest absolute Gasteiger partial charge is 0.252 e. The highest BCUT2D eigenvalue weighted by Crippen LogP contribution is 2.33. The van der Waals surface area contributed by atoms with E-state index in [0.717, 1.165) is 55.9 Å². The summed E-state index contributed by atoms with van der Waals surface area (Å²) in [6, 6.07) is 0. The first-order valence-electron chi connectivity index (χ1n) is 9.01. The van der Waals surface area contributed by atoms with Crippen molar-refractivity contribution in [1.82, 2.24) is 15.4 Å². The van der Waals surface area contributed by atoms with Gasteiger partial charge < -0.3 is 9.84 Å². The van der Waals surface area contributed by atoms with Crippen LogP contribution in [0.1, 0.15) is 64.0 Å². The Morgan fingerprint density at radius 1 is 1.44 bits per heavy atom. The van der Waals surface area contributed by atoms with Crippen LogP contribution < -0.4 is 5.32 Å². The Morgan fingerprint density at radius 3 is 2.88 bits per heavy atom. The minimum absolute atomic E-state index is 0.00986. The molecule has 5 nitrogen and oxygen atoms in total. The first kappa shape index (κ1) is 16.8. The fourth-order valence-corrected chi connectivity index (χ4v) is 4.95. The number of aromatic nitrogens is 1. The van der Waals surface area contributed by atoms with Crippen LogP contribution in [-0.4, -0.2) is 28.0 Å². The van der Waals surface area contributed by atoms with Gasteiger partial charge in [0.25, 0.3) is 5.91 Å². The summed E-state index contributed by atoms with van der Waals surface area (Å²) in [5.74, 6) is 1.02. The molecule has 2 aromatic rings. The average Bonchev–Trinajstić information content (AvgIpc) is 3.11. The number of rotatable bonds is 4. The van der Waals surface area contributed by atoms with Gasteiger partial charge in [-0.15, -0.1) is 11.3 Å². The van der Waals surface area contributed by atoms with E-state index in [1.807, 2.05) is 19.2 Å². The van der Waals surface area contributed by atoms with Gasteiger partial charge in [0.15, 0.2) is 0 Å². The highest BCUT2D eigenvalue weighted by molar-refractivity contribution is 7.10. The lowest BCUT2D eigenvalue weighted by molar-refractivity contribution is 0.0849. The minimum Gasteiger partial charge on any atom is -0.361 e. The highest BCUT2D eigenvalue weighted by Gasteiger charge is 2.34. The molecule has 0 spiro atoms. The predicted octanol–water partition coefficient (Wildman–Crippen LogP) is 3.58. The van der Waals surface area contributed by atoms with E-state index < -0.39 is 0 Å². The molecule has 0 bridgehead atoms. The fourth-order valence-electron chi connectivity index (χ4n) is 3.83. The van der Waals surface area contributed by atoms with Crippen LogP contribution in [0.15, 0.2) is 9.90 Å². The van der Waals surface area contributed by atoms with Crippen molar-refractivity contribution in [2.75, 3.05) is 6.54 Å². The monoisotopic (exact) mass is 359 g/mol. The molecule has 0 radical (unpaired) electrons. The standard InChI is InChI=1S/C19H25N3O2S/c1-12-15(13(2)24-21-12)9-22-8-5-14-16(11-25-17(14)10-22)18(23)20-19(3)6-4-7-19/h11H,4-10H2,1-3H3,(H,20,23). The number of carbonyl (C=O) groups is 1. The second-order valence-corrected chi connectivity index (χ2v) is 8.65. The zero-order valence-electron chi connectivity index (χ0n) is 15.1. The second-order valence-electron chi connectivity index (χ2n) is 7.68. The van der Waals surface area contributed by atoms with Gasteiger partial charge in [0.05, 0.1) is 11.3 Å². The minimum atomic E-state index is 0.00986. The molecule has 1 amide bonds. The van der Waals surface area contributed by atoms with Crippen LogP contribution in [0.2, 0.25) is 0 Å². The lowest BCUT2D eigenvalue weighted by atomic mass is 9.78. The van der Waals surface area contributed by atoms with Crippen LogP contribution in [0.25, 0.3) is 0 Å². The van der Waals surface area contributed by atoms with E-state index >= 15 is 0 Å². The molecule has 4 rings (SSSR count). The molecule has 0 unspecified atom stereocenters. The zero-order chi connectivity index (χ0) is 17.6. The maximum absolute atomic E-state index is 12.7. The average molecular weight is 359 g/mol. The summed E-state index contributed by atoms with van der Waals surface area (Å²) >= 11 is 1.72. The Morgan fingerprint density at radius 2 is 2.24 bits per heavy atom. The summed E-state index contributed by atoms with van der Waals surface area (Å²) in [5.41, 5.74) is 4.32. The maximum Gasteiger partial charge on any atom is 0.252 e. The molecule has 1 saturated carbocycles. The van der Waals surface area contributed by atoms with Gasteiger partial charge in [-0.3, -0.25) is 9.69 Å². The third-order valence-electron chi connectivity index (χ3n) is 5.71. The van der Waals surface area contributed by atoms with Crippen molar-refractivity contribution in [2.45, 2.75) is 65.1 Å². The van der Waals surface area contributed by atoms with Gasteiger partial charge >= 0.3 is 0 Å². The summed E-state index contributed by atoms with van der Waals surface area (Å²) in [6.45, 7) is 8.84. The largest absolute Gasteiger partial charge is 0.361 e. The molecule has 25 heavy (non-hydrogen) atoms. The number of nitrogens with one attached hydrogen (secondary N) is 1. The lowest BCUT2D eigenvalue weighted by Gasteiger charge is -2.39. The van der Waals surface area contributed by atoms with E-state index in [1.165, 1.54) is 22.4 Å². The Hall–Kier alpha value is -1.66. The Balaban J connectivity index is 1.46. The van der Waals surface area contributed by atoms with Crippen LogP contribution in [-0.2, 0) is 19.5 Å². The van der Waals surface area contributed by atoms with Crippen molar-refractivity contribution in [2.24, 2.45) is 0 Å². The number of fused-ring (bicyclic) bond motifs is 1. The topological polar surface area (TPSA) is 58.4 Å². The molecule has 1 aliphatic carbocycles. The SMILES string of the molecule is Cc1noc(C)c1CN1CCc2c(C(=O)NC3(C)CCC3)csc2C1. The van der Waals surface area contributed by atoms with Gasteiger partial charge in [0, 0.05) is 41.0 Å². The van der Waals surface area contributed by atoms with Gasteiger partial charge in [-0.05, 0) is 52.0 Å². The molecule has 0 saturated heterocycles. The number of nitrogens with zero attached hydrogens (tertiary/aromatic N) is 2. The van der Waals surface area contributed by atoms with Crippen LogP contribution >= 0.6 is 11.3 Å². The summed E-state index contributed by atoms with van der Waals surface area (Å²) in [5, 5.41) is 9.33. The Labute approximate surface area is 152 Å². The van der Waals surface area contributed by atoms with Crippen LogP contribution in [0.5, 0.6) is 0 Å². The molecule has 2 aliphatic rings. The summed E-state index contributed by atoms with van der Waals surface area (Å²) in [6.07, 6.45) is 4.34. The molecule has 6 heteroatoms. The van der Waals surface area contributed by atoms with Gasteiger partial charge in [-0.25, -0.2) is 0 Å². The molecular weight excluding hydrogens is 334 g/mol. The Kier molecular flexibility index (Phi) is 4.20. The van der Waals surface area contributed by atoms with E-state index in [4.69, 9.17) is 4.52 Å². The quantitative estimate of drug-likeness (QED) is 0.906. The molecular formula is C19H25N3O2S. The summed E-state index contributed by atoms with van der Waals surface area (Å²) in [7, 11) is 0. The van der Waals surface area contributed by atoms with Crippen LogP contribution in [0, 0.1) is 13.8 Å². The first-order chi connectivity index (χ1) is 12.0. The molecule has 0 atom stereocenters. The van der Waals surface area contributed by atoms with Crippen molar-refractivity contribution >= 4 is 17.2 Å². The maximum atomic E-state index is 12.7. The lowest BCUT2D eigenvalue weighted by Crippen LogP contribution is -2.51. The molecule has 1 fully saturated rings. The van der Waals surface area contributed by atoms with Gasteiger partial charge in [-0.2, -0.15) is 0 Å². The van der Waals surface area contributed by atoms with Crippen molar-refractivity contribution in [3.8, 4) is 0 Å². The first-order valence-corrected chi connectivity index (χ1v) is 9.89. The normalized spacial score (nSPS) is 19.3. The third-order valence-corrected chi connectivity index (χ3v) is 6.72. The van der Waals surface area contributed by atoms with Gasteiger partial charge in [0.2, 0.25) is 0 Å². The molecule has 0 aromatic carbocycles. The molecule has 1 N–H and O–H groups in total. The highest BCUT2D eigenvalue weighted by atomic mass is 32.1. The van der Waals surface area contributed by atoms with E-state index in [1.54, 1.807) is 11.3 Å². The van der Waals surface area contributed by atoms with Crippen LogP contribution in [0.4, 0.5) is 0 Å². The Bertz CT molecular complexity index is 784. The molecule has 1 aliphatic heterocycles. The molecule has 134 valence electrons. The van der Waals surface area contributed by atoms with E-state index in [0.29, 0.717) is 0 Å². The fraction of sp³-hybridized carbons (Fsp3) is 0.579. The predicted molar refractivity (Wildman–Crippen MR) is 97.8 cm³/mol. The summed E-state index contributed by atoms with van der Waals surface area (Å²) in [4.78, 5) is 16.4. The number of aryl methyl sites for hydroxylation is 2. The van der Waals surface area contributed by atoms with E-state index in [-0.39, 0.29) is 11.4 Å². The number of thiophene rings is 1. The third kappa shape index (κ3) is 3.13.